The number of amides is 1. The van der Waals surface area contributed by atoms with Crippen molar-refractivity contribution >= 4 is 27.5 Å². The molecule has 0 unspecified atom stereocenters. The van der Waals surface area contributed by atoms with Crippen molar-refractivity contribution in [3.63, 3.8) is 0 Å². The Hall–Kier alpha value is -0.870. The van der Waals surface area contributed by atoms with Gasteiger partial charge in [0.05, 0.1) is 0 Å². The zero-order valence-corrected chi connectivity index (χ0v) is 12.4. The molecule has 0 atom stereocenters. The number of aryl methyl sites for hydroxylation is 1. The minimum absolute atomic E-state index is 0.125. The fourth-order valence-electron chi connectivity index (χ4n) is 2.16. The first kappa shape index (κ1) is 13.6. The lowest BCUT2D eigenvalue weighted by atomic mass is 9.80. The van der Waals surface area contributed by atoms with E-state index in [1.165, 1.54) is 5.56 Å². The highest BCUT2D eigenvalue weighted by Gasteiger charge is 2.34. The first-order chi connectivity index (χ1) is 8.51. The van der Waals surface area contributed by atoms with Gasteiger partial charge in [0, 0.05) is 15.6 Å². The number of rotatable bonds is 2. The number of hydrogen-bond acceptors (Lipinski definition) is 2. The van der Waals surface area contributed by atoms with Gasteiger partial charge >= 0.3 is 0 Å². The van der Waals surface area contributed by atoms with E-state index in [4.69, 9.17) is 0 Å². The molecule has 1 saturated heterocycles. The summed E-state index contributed by atoms with van der Waals surface area (Å²) in [4.78, 5) is 12.3. The van der Waals surface area contributed by atoms with Crippen LogP contribution in [0.25, 0.3) is 0 Å². The third-order valence-corrected chi connectivity index (χ3v) is 4.54. The molecule has 18 heavy (non-hydrogen) atoms. The highest BCUT2D eigenvalue weighted by atomic mass is 79.9. The van der Waals surface area contributed by atoms with Crippen LogP contribution in [0.15, 0.2) is 22.7 Å². The Bertz CT molecular complexity index is 453. The van der Waals surface area contributed by atoms with E-state index >= 15 is 0 Å². The Balaban J connectivity index is 2.08. The maximum atomic E-state index is 12.3. The summed E-state index contributed by atoms with van der Waals surface area (Å²) in [6.07, 6.45) is 1.79. The van der Waals surface area contributed by atoms with E-state index in [9.17, 15) is 4.79 Å². The third-order valence-electron chi connectivity index (χ3n) is 3.68. The summed E-state index contributed by atoms with van der Waals surface area (Å²) >= 11 is 3.48. The van der Waals surface area contributed by atoms with Gasteiger partial charge in [-0.05, 0) is 50.6 Å². The maximum absolute atomic E-state index is 12.3. The molecule has 0 spiro atoms. The molecule has 98 valence electrons. The molecule has 0 aliphatic carbocycles. The van der Waals surface area contributed by atoms with E-state index in [1.54, 1.807) is 0 Å². The second kappa shape index (κ2) is 5.41. The molecule has 1 aliphatic heterocycles. The predicted octanol–water partition coefficient (Wildman–Crippen LogP) is 3.09. The highest BCUT2D eigenvalue weighted by Crippen LogP contribution is 2.30. The van der Waals surface area contributed by atoms with E-state index in [2.05, 4.69) is 26.6 Å². The first-order valence-corrected chi connectivity index (χ1v) is 7.09. The molecule has 0 saturated carbocycles. The Morgan fingerprint density at radius 1 is 1.39 bits per heavy atom. The highest BCUT2D eigenvalue weighted by molar-refractivity contribution is 9.10. The predicted molar refractivity (Wildman–Crippen MR) is 77.7 cm³/mol. The molecular weight excluding hydrogens is 292 g/mol. The molecule has 1 heterocycles. The smallest absolute Gasteiger partial charge is 0.230 e. The summed E-state index contributed by atoms with van der Waals surface area (Å²) in [6, 6.07) is 5.91. The van der Waals surface area contributed by atoms with E-state index < -0.39 is 0 Å². The van der Waals surface area contributed by atoms with Crippen molar-refractivity contribution in [1.29, 1.82) is 0 Å². The number of carbonyl (C=O) groups is 1. The minimum atomic E-state index is -0.247. The average molecular weight is 311 g/mol. The fraction of sp³-hybridized carbons (Fsp3) is 0.500. The fourth-order valence-corrected chi connectivity index (χ4v) is 2.54. The van der Waals surface area contributed by atoms with Crippen molar-refractivity contribution in [3.05, 3.63) is 28.2 Å². The van der Waals surface area contributed by atoms with Crippen LogP contribution in [0.5, 0.6) is 0 Å². The SMILES string of the molecule is Cc1ccc(NC(=O)C2(C)CCNCC2)cc1Br. The quantitative estimate of drug-likeness (QED) is 0.881. The number of piperidine rings is 1. The van der Waals surface area contributed by atoms with E-state index in [0.717, 1.165) is 36.1 Å². The lowest BCUT2D eigenvalue weighted by Gasteiger charge is -2.32. The average Bonchev–Trinajstić information content (AvgIpc) is 2.35. The molecule has 1 amide bonds. The minimum Gasteiger partial charge on any atom is -0.326 e. The number of nitrogens with one attached hydrogen (secondary N) is 2. The van der Waals surface area contributed by atoms with Gasteiger partial charge in [0.1, 0.15) is 0 Å². The Labute approximate surface area is 116 Å². The lowest BCUT2D eigenvalue weighted by Crippen LogP contribution is -2.42. The van der Waals surface area contributed by atoms with Crippen LogP contribution in [0.4, 0.5) is 5.69 Å². The second-order valence-corrected chi connectivity index (χ2v) is 6.08. The molecule has 1 aromatic rings. The number of benzene rings is 1. The summed E-state index contributed by atoms with van der Waals surface area (Å²) in [7, 11) is 0. The first-order valence-electron chi connectivity index (χ1n) is 6.30. The summed E-state index contributed by atoms with van der Waals surface area (Å²) in [5.41, 5.74) is 1.78. The van der Waals surface area contributed by atoms with Crippen molar-refractivity contribution in [3.8, 4) is 0 Å². The largest absolute Gasteiger partial charge is 0.326 e. The second-order valence-electron chi connectivity index (χ2n) is 5.23. The van der Waals surface area contributed by atoms with Gasteiger partial charge in [0.15, 0.2) is 0 Å². The Morgan fingerprint density at radius 2 is 2.06 bits per heavy atom. The number of hydrogen-bond donors (Lipinski definition) is 2. The molecule has 0 radical (unpaired) electrons. The van der Waals surface area contributed by atoms with E-state index in [1.807, 2.05) is 32.0 Å². The Morgan fingerprint density at radius 3 is 2.67 bits per heavy atom. The van der Waals surface area contributed by atoms with Gasteiger partial charge < -0.3 is 10.6 Å². The van der Waals surface area contributed by atoms with Crippen molar-refractivity contribution in [2.75, 3.05) is 18.4 Å². The molecule has 2 rings (SSSR count). The summed E-state index contributed by atoms with van der Waals surface area (Å²) in [5.74, 6) is 0.125. The summed E-state index contributed by atoms with van der Waals surface area (Å²) in [5, 5.41) is 6.31. The van der Waals surface area contributed by atoms with Gasteiger partial charge in [-0.2, -0.15) is 0 Å². The number of halogens is 1. The van der Waals surface area contributed by atoms with Crippen molar-refractivity contribution in [2.45, 2.75) is 26.7 Å². The number of carbonyl (C=O) groups excluding carboxylic acids is 1. The van der Waals surface area contributed by atoms with Crippen LogP contribution in [0.2, 0.25) is 0 Å². The molecule has 1 fully saturated rings. The maximum Gasteiger partial charge on any atom is 0.230 e. The van der Waals surface area contributed by atoms with Crippen LogP contribution in [0, 0.1) is 12.3 Å². The molecule has 0 aromatic heterocycles. The van der Waals surface area contributed by atoms with Gasteiger partial charge in [-0.15, -0.1) is 0 Å². The molecule has 4 heteroatoms. The summed E-state index contributed by atoms with van der Waals surface area (Å²) in [6.45, 7) is 5.92. The molecule has 2 N–H and O–H groups in total. The van der Waals surface area contributed by atoms with Gasteiger partial charge in [0.25, 0.3) is 0 Å². The van der Waals surface area contributed by atoms with Crippen LogP contribution >= 0.6 is 15.9 Å². The van der Waals surface area contributed by atoms with E-state index in [-0.39, 0.29) is 11.3 Å². The normalized spacial score (nSPS) is 18.4. The van der Waals surface area contributed by atoms with Gasteiger partial charge in [-0.1, -0.05) is 28.9 Å². The summed E-state index contributed by atoms with van der Waals surface area (Å²) < 4.78 is 1.02. The van der Waals surface area contributed by atoms with Gasteiger partial charge in [-0.25, -0.2) is 0 Å². The van der Waals surface area contributed by atoms with E-state index in [0.29, 0.717) is 0 Å². The number of anilines is 1. The van der Waals surface area contributed by atoms with Crippen LogP contribution in [0.3, 0.4) is 0 Å². The zero-order chi connectivity index (χ0) is 13.2. The van der Waals surface area contributed by atoms with Crippen molar-refractivity contribution in [1.82, 2.24) is 5.32 Å². The van der Waals surface area contributed by atoms with Crippen molar-refractivity contribution in [2.24, 2.45) is 5.41 Å². The van der Waals surface area contributed by atoms with Crippen LogP contribution in [-0.4, -0.2) is 19.0 Å². The molecule has 1 aromatic carbocycles. The molecular formula is C14H19BrN2O. The topological polar surface area (TPSA) is 41.1 Å². The Kier molecular flexibility index (Phi) is 4.07. The molecule has 3 nitrogen and oxygen atoms in total. The lowest BCUT2D eigenvalue weighted by molar-refractivity contribution is -0.126. The van der Waals surface area contributed by atoms with Gasteiger partial charge in [-0.3, -0.25) is 4.79 Å². The standard InChI is InChI=1S/C14H19BrN2O/c1-10-3-4-11(9-12(10)15)17-13(18)14(2)5-7-16-8-6-14/h3-4,9,16H,5-8H2,1-2H3,(H,17,18). The van der Waals surface area contributed by atoms with Crippen LogP contribution in [0.1, 0.15) is 25.3 Å². The molecule has 1 aliphatic rings. The molecule has 0 bridgehead atoms. The van der Waals surface area contributed by atoms with Gasteiger partial charge in [0.2, 0.25) is 5.91 Å². The van der Waals surface area contributed by atoms with Crippen LogP contribution < -0.4 is 10.6 Å². The van der Waals surface area contributed by atoms with Crippen molar-refractivity contribution < 1.29 is 4.79 Å². The van der Waals surface area contributed by atoms with Crippen LogP contribution in [-0.2, 0) is 4.79 Å². The zero-order valence-electron chi connectivity index (χ0n) is 10.8. The monoisotopic (exact) mass is 310 g/mol. The third kappa shape index (κ3) is 2.93.